The van der Waals surface area contributed by atoms with Gasteiger partial charge in [-0.25, -0.2) is 8.42 Å². The van der Waals surface area contributed by atoms with Crippen LogP contribution in [0.3, 0.4) is 0 Å². The van der Waals surface area contributed by atoms with Crippen molar-refractivity contribution in [2.75, 3.05) is 13.1 Å². The number of amides is 4. The van der Waals surface area contributed by atoms with Gasteiger partial charge < -0.3 is 20.4 Å². The monoisotopic (exact) mass is 725 g/mol. The number of carbonyl (C=O) groups excluding carboxylic acids is 5. The number of likely N-dealkylation sites (tertiary alicyclic amines) is 2. The lowest BCUT2D eigenvalue weighted by atomic mass is 9.66. The fraction of sp³-hybridized carbons (Fsp3) is 0.658. The van der Waals surface area contributed by atoms with Crippen molar-refractivity contribution in [3.05, 3.63) is 43.0 Å². The average molecular weight is 726 g/mol. The summed E-state index contributed by atoms with van der Waals surface area (Å²) in [7, 11) is -4.03. The lowest BCUT2D eigenvalue weighted by Crippen LogP contribution is -2.83. The predicted molar refractivity (Wildman–Crippen MR) is 192 cm³/mol. The van der Waals surface area contributed by atoms with Gasteiger partial charge in [0.2, 0.25) is 33.5 Å². The number of benzene rings is 1. The summed E-state index contributed by atoms with van der Waals surface area (Å²) in [6.07, 6.45) is 7.77. The fourth-order valence-corrected chi connectivity index (χ4v) is 9.71. The molecular weight excluding hydrogens is 671 g/mol. The van der Waals surface area contributed by atoms with Crippen molar-refractivity contribution in [2.45, 2.75) is 127 Å². The van der Waals surface area contributed by atoms with Crippen molar-refractivity contribution in [3.63, 3.8) is 0 Å². The molecule has 0 bridgehead atoms. The first kappa shape index (κ1) is 38.6. The van der Waals surface area contributed by atoms with Crippen molar-refractivity contribution in [1.29, 1.82) is 0 Å². The highest BCUT2D eigenvalue weighted by molar-refractivity contribution is 7.89. The Balaban J connectivity index is 1.45. The standard InChI is InChI=1S/C38H55N5O7S/c1-7-21-39-34(46)30(44)28(23-25-16-17-25)40-33(45)29-27(24(2)3)18-22-42(29)36(48)32(37(4,5)6)43-35(47)31(38(43)19-12-9-13-20-38)41-51(49,50)26-14-10-8-11-15-26/h7-8,10-11,14-15,24-25,27-29,31-32,41H,1,9,12-13,16-23H2,2-6H3,(H,39,46)(H,40,45)/t27-,28?,29+,31-,32-/m1/s1. The predicted octanol–water partition coefficient (Wildman–Crippen LogP) is 3.32. The summed E-state index contributed by atoms with van der Waals surface area (Å²) in [5.74, 6) is -2.80. The zero-order valence-electron chi connectivity index (χ0n) is 30.7. The normalized spacial score (nSPS) is 24.5. The molecule has 0 aromatic heterocycles. The molecule has 1 unspecified atom stereocenters. The van der Waals surface area contributed by atoms with E-state index in [0.29, 0.717) is 25.7 Å². The van der Waals surface area contributed by atoms with Crippen LogP contribution in [0.4, 0.5) is 0 Å². The Labute approximate surface area is 302 Å². The number of nitrogens with one attached hydrogen (secondary N) is 3. The summed E-state index contributed by atoms with van der Waals surface area (Å²) in [6.45, 7) is 13.6. The molecular formula is C38H55N5O7S. The summed E-state index contributed by atoms with van der Waals surface area (Å²) >= 11 is 0. The van der Waals surface area contributed by atoms with E-state index in [1.54, 1.807) is 28.0 Å². The molecule has 1 aromatic carbocycles. The van der Waals surface area contributed by atoms with E-state index in [0.717, 1.165) is 32.1 Å². The van der Waals surface area contributed by atoms with Crippen molar-refractivity contribution in [2.24, 2.45) is 23.2 Å². The minimum Gasteiger partial charge on any atom is -0.346 e. The number of hydrogen-bond donors (Lipinski definition) is 3. The third-order valence-corrected chi connectivity index (χ3v) is 12.7. The Hall–Kier alpha value is -3.58. The van der Waals surface area contributed by atoms with Crippen LogP contribution in [0, 0.1) is 23.2 Å². The van der Waals surface area contributed by atoms with Crippen LogP contribution in [0.1, 0.15) is 92.4 Å². The number of hydrogen-bond acceptors (Lipinski definition) is 7. The summed E-state index contributed by atoms with van der Waals surface area (Å²) in [5, 5.41) is 5.40. The quantitative estimate of drug-likeness (QED) is 0.151. The van der Waals surface area contributed by atoms with Gasteiger partial charge in [0.1, 0.15) is 18.1 Å². The van der Waals surface area contributed by atoms with Gasteiger partial charge in [-0.1, -0.05) is 91.0 Å². The number of ketones is 1. The van der Waals surface area contributed by atoms with Gasteiger partial charge in [-0.05, 0) is 61.0 Å². The van der Waals surface area contributed by atoms with Crippen LogP contribution < -0.4 is 15.4 Å². The molecule has 4 fully saturated rings. The van der Waals surface area contributed by atoms with Crippen molar-refractivity contribution < 1.29 is 32.4 Å². The van der Waals surface area contributed by atoms with Gasteiger partial charge in [-0.3, -0.25) is 24.0 Å². The van der Waals surface area contributed by atoms with Crippen LogP contribution in [0.25, 0.3) is 0 Å². The van der Waals surface area contributed by atoms with Crippen molar-refractivity contribution >= 4 is 39.4 Å². The number of carbonyl (C=O) groups is 5. The third-order valence-electron chi connectivity index (χ3n) is 11.2. The van der Waals surface area contributed by atoms with Crippen LogP contribution in [-0.2, 0) is 34.0 Å². The topological polar surface area (TPSA) is 162 Å². The molecule has 5 rings (SSSR count). The first-order valence-electron chi connectivity index (χ1n) is 18.5. The molecule has 12 nitrogen and oxygen atoms in total. The summed E-state index contributed by atoms with van der Waals surface area (Å²) in [6, 6.07) is 4.00. The lowest BCUT2D eigenvalue weighted by molar-refractivity contribution is -0.186. The van der Waals surface area contributed by atoms with Gasteiger partial charge in [-0.15, -0.1) is 6.58 Å². The molecule has 4 aliphatic rings. The maximum Gasteiger partial charge on any atom is 0.289 e. The smallest absolute Gasteiger partial charge is 0.289 e. The van der Waals surface area contributed by atoms with E-state index in [1.807, 2.05) is 34.6 Å². The largest absolute Gasteiger partial charge is 0.346 e. The highest BCUT2D eigenvalue weighted by Crippen LogP contribution is 2.49. The molecule has 2 heterocycles. The molecule has 5 atom stereocenters. The van der Waals surface area contributed by atoms with Gasteiger partial charge >= 0.3 is 0 Å². The fourth-order valence-electron chi connectivity index (χ4n) is 8.43. The van der Waals surface area contributed by atoms with Crippen molar-refractivity contribution in [3.8, 4) is 0 Å². The highest BCUT2D eigenvalue weighted by Gasteiger charge is 2.66. The first-order valence-corrected chi connectivity index (χ1v) is 20.0. The zero-order valence-corrected chi connectivity index (χ0v) is 31.5. The Bertz CT molecular complexity index is 1610. The second-order valence-corrected chi connectivity index (χ2v) is 18.0. The molecule has 4 amide bonds. The lowest BCUT2D eigenvalue weighted by Gasteiger charge is -2.63. The van der Waals surface area contributed by atoms with Gasteiger partial charge in [-0.2, -0.15) is 4.72 Å². The van der Waals surface area contributed by atoms with Gasteiger partial charge in [0.15, 0.2) is 0 Å². The van der Waals surface area contributed by atoms with Gasteiger partial charge in [0.05, 0.1) is 16.5 Å². The molecule has 2 saturated heterocycles. The Morgan fingerprint density at radius 3 is 2.24 bits per heavy atom. The van der Waals surface area contributed by atoms with E-state index in [9.17, 15) is 27.6 Å². The first-order chi connectivity index (χ1) is 24.0. The number of β-lactam (4-membered cyclic amide) rings is 1. The van der Waals surface area contributed by atoms with E-state index < -0.39 is 68.6 Å². The van der Waals surface area contributed by atoms with Gasteiger partial charge in [0.25, 0.3) is 5.91 Å². The molecule has 2 saturated carbocycles. The second-order valence-electron chi connectivity index (χ2n) is 16.3. The Morgan fingerprint density at radius 2 is 1.67 bits per heavy atom. The molecule has 51 heavy (non-hydrogen) atoms. The van der Waals surface area contributed by atoms with E-state index >= 15 is 4.79 Å². The minimum atomic E-state index is -4.03. The molecule has 0 radical (unpaired) electrons. The maximum absolute atomic E-state index is 15.0. The maximum atomic E-state index is 15.0. The van der Waals surface area contributed by atoms with Crippen LogP contribution in [0.15, 0.2) is 47.9 Å². The number of Topliss-reactive ketones (excluding diaryl/α,β-unsaturated/α-hetero) is 1. The minimum absolute atomic E-state index is 0.0206. The van der Waals surface area contributed by atoms with Gasteiger partial charge in [0, 0.05) is 13.1 Å². The van der Waals surface area contributed by atoms with E-state index in [-0.39, 0.29) is 41.6 Å². The molecule has 2 aliphatic carbocycles. The highest BCUT2D eigenvalue weighted by atomic mass is 32.2. The molecule has 280 valence electrons. The van der Waals surface area contributed by atoms with Crippen molar-refractivity contribution in [1.82, 2.24) is 25.2 Å². The Kier molecular flexibility index (Phi) is 11.5. The number of rotatable bonds is 14. The van der Waals surface area contributed by atoms with Crippen LogP contribution in [0.5, 0.6) is 0 Å². The summed E-state index contributed by atoms with van der Waals surface area (Å²) in [5.41, 5.74) is -1.68. The number of sulfonamides is 1. The molecule has 1 aromatic rings. The molecule has 3 N–H and O–H groups in total. The number of nitrogens with zero attached hydrogens (tertiary/aromatic N) is 2. The molecule has 2 aliphatic heterocycles. The van der Waals surface area contributed by atoms with E-state index in [4.69, 9.17) is 0 Å². The van der Waals surface area contributed by atoms with E-state index in [1.165, 1.54) is 18.2 Å². The summed E-state index contributed by atoms with van der Waals surface area (Å²) < 4.78 is 29.7. The van der Waals surface area contributed by atoms with Crippen LogP contribution >= 0.6 is 0 Å². The zero-order chi connectivity index (χ0) is 37.3. The average Bonchev–Trinajstić information content (AvgIpc) is 3.80. The molecule has 1 spiro atoms. The van der Waals surface area contributed by atoms with Crippen LogP contribution in [-0.4, -0.2) is 90.4 Å². The summed E-state index contributed by atoms with van der Waals surface area (Å²) in [4.78, 5) is 72.8. The third kappa shape index (κ3) is 7.94. The Morgan fingerprint density at radius 1 is 1.02 bits per heavy atom. The SMILES string of the molecule is C=CCNC(=O)C(=O)C(CC1CC1)NC(=O)[C@@H]1[C@@H](C(C)C)CCN1C(=O)[C@@H](N1C(=O)[C@@H](NS(=O)(=O)c2ccccc2)C12CCCCC2)C(C)(C)C. The van der Waals surface area contributed by atoms with E-state index in [2.05, 4.69) is 21.9 Å². The second kappa shape index (κ2) is 15.2. The molecule has 13 heteroatoms. The van der Waals surface area contributed by atoms with Crippen LogP contribution in [0.2, 0.25) is 0 Å².